The van der Waals surface area contributed by atoms with Gasteiger partial charge in [0.15, 0.2) is 0 Å². The van der Waals surface area contributed by atoms with Gasteiger partial charge in [0.2, 0.25) is 0 Å². The van der Waals surface area contributed by atoms with E-state index in [0.29, 0.717) is 30.0 Å². The molecule has 1 unspecified atom stereocenters. The molecular weight excluding hydrogens is 306 g/mol. The second kappa shape index (κ2) is 7.17. The maximum atomic E-state index is 12.7. The van der Waals surface area contributed by atoms with Gasteiger partial charge in [-0.1, -0.05) is 24.3 Å². The molecule has 1 aliphatic rings. The van der Waals surface area contributed by atoms with E-state index in [4.69, 9.17) is 4.74 Å². The summed E-state index contributed by atoms with van der Waals surface area (Å²) in [7, 11) is 0. The quantitative estimate of drug-likeness (QED) is 0.933. The third-order valence-electron chi connectivity index (χ3n) is 4.11. The lowest BCUT2D eigenvalue weighted by Gasteiger charge is -2.33. The zero-order valence-corrected chi connectivity index (χ0v) is 13.2. The summed E-state index contributed by atoms with van der Waals surface area (Å²) < 4.78 is 5.74. The summed E-state index contributed by atoms with van der Waals surface area (Å²) in [5.74, 6) is 0.0276. The highest BCUT2D eigenvalue weighted by molar-refractivity contribution is 5.97. The van der Waals surface area contributed by atoms with Crippen LogP contribution in [0.2, 0.25) is 0 Å². The predicted molar refractivity (Wildman–Crippen MR) is 89.3 cm³/mol. The van der Waals surface area contributed by atoms with Crippen molar-refractivity contribution < 1.29 is 19.4 Å². The number of para-hydroxylation sites is 1. The maximum absolute atomic E-state index is 12.7. The molecule has 2 aromatic rings. The first-order chi connectivity index (χ1) is 11.6. The molecule has 0 aliphatic carbocycles. The number of rotatable bonds is 4. The number of piperidine rings is 1. The Labute approximate surface area is 140 Å². The van der Waals surface area contributed by atoms with Crippen molar-refractivity contribution >= 4 is 11.9 Å². The van der Waals surface area contributed by atoms with Crippen molar-refractivity contribution in [1.29, 1.82) is 0 Å². The summed E-state index contributed by atoms with van der Waals surface area (Å²) in [6, 6.07) is 15.4. The molecule has 1 N–H and O–H groups in total. The summed E-state index contributed by atoms with van der Waals surface area (Å²) in [4.78, 5) is 25.6. The Morgan fingerprint density at radius 3 is 2.50 bits per heavy atom. The molecule has 24 heavy (non-hydrogen) atoms. The number of carbonyl (C=O) groups is 2. The zero-order valence-electron chi connectivity index (χ0n) is 13.2. The Balaban J connectivity index is 1.80. The summed E-state index contributed by atoms with van der Waals surface area (Å²) >= 11 is 0. The van der Waals surface area contributed by atoms with Gasteiger partial charge in [-0.15, -0.1) is 0 Å². The number of hydrogen-bond donors (Lipinski definition) is 1. The molecule has 3 rings (SSSR count). The van der Waals surface area contributed by atoms with Crippen molar-refractivity contribution in [2.24, 2.45) is 0 Å². The second-order valence-corrected chi connectivity index (χ2v) is 5.79. The lowest BCUT2D eigenvalue weighted by molar-refractivity contribution is -0.143. The van der Waals surface area contributed by atoms with Crippen LogP contribution in [0.4, 0.5) is 0 Å². The van der Waals surface area contributed by atoms with Crippen molar-refractivity contribution in [3.63, 3.8) is 0 Å². The minimum absolute atomic E-state index is 0.263. The molecule has 0 spiro atoms. The Kier molecular flexibility index (Phi) is 4.79. The van der Waals surface area contributed by atoms with Gasteiger partial charge in [-0.25, -0.2) is 4.79 Å². The molecule has 124 valence electrons. The van der Waals surface area contributed by atoms with Crippen LogP contribution in [-0.4, -0.2) is 34.5 Å². The van der Waals surface area contributed by atoms with Gasteiger partial charge >= 0.3 is 5.97 Å². The second-order valence-electron chi connectivity index (χ2n) is 5.79. The Morgan fingerprint density at radius 1 is 1.00 bits per heavy atom. The molecule has 0 bridgehead atoms. The molecular formula is C19H19NO4. The number of amides is 1. The van der Waals surface area contributed by atoms with E-state index < -0.39 is 12.0 Å². The van der Waals surface area contributed by atoms with Crippen LogP contribution in [0, 0.1) is 0 Å². The minimum atomic E-state index is -0.945. The van der Waals surface area contributed by atoms with Gasteiger partial charge < -0.3 is 14.7 Å². The van der Waals surface area contributed by atoms with E-state index in [9.17, 15) is 14.7 Å². The number of carbonyl (C=O) groups excluding carboxylic acids is 1. The lowest BCUT2D eigenvalue weighted by Crippen LogP contribution is -2.47. The highest BCUT2D eigenvalue weighted by atomic mass is 16.5. The summed E-state index contributed by atoms with van der Waals surface area (Å²) in [6.45, 7) is 0.472. The number of ether oxygens (including phenoxy) is 1. The van der Waals surface area contributed by atoms with Crippen LogP contribution in [0.3, 0.4) is 0 Å². The fourth-order valence-corrected chi connectivity index (χ4v) is 2.91. The summed E-state index contributed by atoms with van der Waals surface area (Å²) in [5, 5.41) is 9.34. The molecule has 1 amide bonds. The monoisotopic (exact) mass is 325 g/mol. The smallest absolute Gasteiger partial charge is 0.326 e. The molecule has 1 saturated heterocycles. The van der Waals surface area contributed by atoms with Crippen LogP contribution in [0.1, 0.15) is 29.6 Å². The Bertz CT molecular complexity index is 729. The fraction of sp³-hybridized carbons (Fsp3) is 0.263. The first-order valence-electron chi connectivity index (χ1n) is 8.02. The third-order valence-corrected chi connectivity index (χ3v) is 4.11. The van der Waals surface area contributed by atoms with Crippen LogP contribution in [0.15, 0.2) is 54.6 Å². The van der Waals surface area contributed by atoms with Gasteiger partial charge in [0.05, 0.1) is 0 Å². The van der Waals surface area contributed by atoms with Crippen LogP contribution in [-0.2, 0) is 4.79 Å². The van der Waals surface area contributed by atoms with E-state index in [1.165, 1.54) is 4.90 Å². The van der Waals surface area contributed by atoms with Crippen LogP contribution >= 0.6 is 0 Å². The van der Waals surface area contributed by atoms with Crippen molar-refractivity contribution in [1.82, 2.24) is 4.90 Å². The van der Waals surface area contributed by atoms with Gasteiger partial charge in [0.25, 0.3) is 5.91 Å². The van der Waals surface area contributed by atoms with E-state index in [1.807, 2.05) is 30.3 Å². The van der Waals surface area contributed by atoms with Crippen molar-refractivity contribution in [3.8, 4) is 11.5 Å². The molecule has 1 aliphatic heterocycles. The number of benzene rings is 2. The van der Waals surface area contributed by atoms with E-state index in [2.05, 4.69) is 0 Å². The normalized spacial score (nSPS) is 17.3. The van der Waals surface area contributed by atoms with Gasteiger partial charge in [-0.2, -0.15) is 0 Å². The Hall–Kier alpha value is -2.82. The van der Waals surface area contributed by atoms with E-state index in [1.54, 1.807) is 24.3 Å². The summed E-state index contributed by atoms with van der Waals surface area (Å²) in [5.41, 5.74) is 0.441. The standard InChI is InChI=1S/C19H19NO4/c21-18(20-12-5-4-11-17(20)19(22)23)14-7-6-10-16(13-14)24-15-8-2-1-3-9-15/h1-3,6-10,13,17H,4-5,11-12H2,(H,22,23). The van der Waals surface area contributed by atoms with E-state index >= 15 is 0 Å². The number of likely N-dealkylation sites (tertiary alicyclic amines) is 1. The molecule has 5 nitrogen and oxygen atoms in total. The van der Waals surface area contributed by atoms with E-state index in [0.717, 1.165) is 12.8 Å². The third kappa shape index (κ3) is 3.56. The van der Waals surface area contributed by atoms with Crippen molar-refractivity contribution in [2.45, 2.75) is 25.3 Å². The van der Waals surface area contributed by atoms with Crippen molar-refractivity contribution in [2.75, 3.05) is 6.54 Å². The molecule has 0 radical (unpaired) electrons. The number of carboxylic acid groups (broad SMARTS) is 1. The molecule has 1 fully saturated rings. The average Bonchev–Trinajstić information content (AvgIpc) is 2.62. The van der Waals surface area contributed by atoms with Gasteiger partial charge in [0, 0.05) is 12.1 Å². The topological polar surface area (TPSA) is 66.8 Å². The SMILES string of the molecule is O=C(O)C1CCCCN1C(=O)c1cccc(Oc2ccccc2)c1. The van der Waals surface area contributed by atoms with Gasteiger partial charge in [-0.05, 0) is 49.6 Å². The zero-order chi connectivity index (χ0) is 16.9. The van der Waals surface area contributed by atoms with E-state index in [-0.39, 0.29) is 5.91 Å². The largest absolute Gasteiger partial charge is 0.480 e. The number of hydrogen-bond acceptors (Lipinski definition) is 3. The van der Waals surface area contributed by atoms with Crippen molar-refractivity contribution in [3.05, 3.63) is 60.2 Å². The number of aliphatic carboxylic acids is 1. The predicted octanol–water partition coefficient (Wildman–Crippen LogP) is 3.56. The lowest BCUT2D eigenvalue weighted by atomic mass is 10.0. The van der Waals surface area contributed by atoms with Crippen LogP contribution < -0.4 is 4.74 Å². The highest BCUT2D eigenvalue weighted by Crippen LogP contribution is 2.24. The maximum Gasteiger partial charge on any atom is 0.326 e. The molecule has 0 saturated carbocycles. The highest BCUT2D eigenvalue weighted by Gasteiger charge is 2.32. The molecule has 1 heterocycles. The van der Waals surface area contributed by atoms with Crippen LogP contribution in [0.5, 0.6) is 11.5 Å². The van der Waals surface area contributed by atoms with Gasteiger partial charge in [-0.3, -0.25) is 4.79 Å². The average molecular weight is 325 g/mol. The summed E-state index contributed by atoms with van der Waals surface area (Å²) in [6.07, 6.45) is 2.16. The number of carboxylic acids is 1. The Morgan fingerprint density at radius 2 is 1.75 bits per heavy atom. The molecule has 1 atom stereocenters. The van der Waals surface area contributed by atoms with Gasteiger partial charge in [0.1, 0.15) is 17.5 Å². The first kappa shape index (κ1) is 16.1. The molecule has 2 aromatic carbocycles. The number of nitrogens with zero attached hydrogens (tertiary/aromatic N) is 1. The molecule has 5 heteroatoms. The van der Waals surface area contributed by atoms with Crippen LogP contribution in [0.25, 0.3) is 0 Å². The first-order valence-corrected chi connectivity index (χ1v) is 8.02. The minimum Gasteiger partial charge on any atom is -0.480 e. The molecule has 0 aromatic heterocycles. The fourth-order valence-electron chi connectivity index (χ4n) is 2.91.